The molecule has 3 rings (SSSR count). The number of benzene rings is 1. The van der Waals surface area contributed by atoms with Crippen LogP contribution in [0.1, 0.15) is 21.6 Å². The average molecular weight is 307 g/mol. The number of allylic oxidation sites excluding steroid dienone is 1. The third kappa shape index (κ3) is 3.32. The fraction of sp³-hybridized carbons (Fsp3) is 0.0588. The Morgan fingerprint density at radius 2 is 1.86 bits per heavy atom. The zero-order chi connectivity index (χ0) is 15.4. The van der Waals surface area contributed by atoms with Gasteiger partial charge in [0.15, 0.2) is 16.6 Å². The highest BCUT2D eigenvalue weighted by Gasteiger charge is 2.06. The minimum Gasteiger partial charge on any atom is -0.289 e. The lowest BCUT2D eigenvalue weighted by molar-refractivity contribution is 0.104. The van der Waals surface area contributed by atoms with Gasteiger partial charge in [0, 0.05) is 23.3 Å². The maximum Gasteiger partial charge on any atom is 0.188 e. The monoisotopic (exact) mass is 307 g/mol. The van der Waals surface area contributed by atoms with Crippen LogP contribution in [0.3, 0.4) is 0 Å². The molecule has 5 heteroatoms. The second-order valence-corrected chi connectivity index (χ2v) is 5.57. The van der Waals surface area contributed by atoms with E-state index in [9.17, 15) is 4.79 Å². The molecule has 0 aliphatic carbocycles. The Morgan fingerprint density at radius 3 is 2.59 bits per heavy atom. The van der Waals surface area contributed by atoms with Gasteiger partial charge in [-0.2, -0.15) is 0 Å². The van der Waals surface area contributed by atoms with Crippen molar-refractivity contribution in [3.8, 4) is 10.8 Å². The van der Waals surface area contributed by atoms with Crippen LogP contribution in [-0.4, -0.2) is 20.7 Å². The van der Waals surface area contributed by atoms with Crippen LogP contribution >= 0.6 is 11.3 Å². The zero-order valence-electron chi connectivity index (χ0n) is 11.9. The van der Waals surface area contributed by atoms with Crippen molar-refractivity contribution in [3.05, 3.63) is 71.0 Å². The molecule has 0 amide bonds. The van der Waals surface area contributed by atoms with Gasteiger partial charge in [-0.05, 0) is 25.1 Å². The Kier molecular flexibility index (Phi) is 4.16. The van der Waals surface area contributed by atoms with Gasteiger partial charge in [-0.25, -0.2) is 15.0 Å². The molecule has 1 aromatic carbocycles. The van der Waals surface area contributed by atoms with Gasteiger partial charge in [-0.15, -0.1) is 11.3 Å². The summed E-state index contributed by atoms with van der Waals surface area (Å²) in [6, 6.07) is 9.26. The minimum atomic E-state index is -0.0366. The summed E-state index contributed by atoms with van der Waals surface area (Å²) in [5, 5.41) is 2.62. The Balaban J connectivity index is 1.75. The number of nitrogens with zero attached hydrogens (tertiary/aromatic N) is 3. The number of thiazole rings is 1. The topological polar surface area (TPSA) is 55.7 Å². The van der Waals surface area contributed by atoms with Crippen molar-refractivity contribution in [1.82, 2.24) is 15.0 Å². The van der Waals surface area contributed by atoms with E-state index in [0.29, 0.717) is 11.4 Å². The fourth-order valence-corrected chi connectivity index (χ4v) is 2.58. The molecule has 0 N–H and O–H groups in total. The van der Waals surface area contributed by atoms with Crippen LogP contribution < -0.4 is 0 Å². The maximum absolute atomic E-state index is 12.1. The largest absolute Gasteiger partial charge is 0.289 e. The van der Waals surface area contributed by atoms with Crippen molar-refractivity contribution < 1.29 is 4.79 Å². The summed E-state index contributed by atoms with van der Waals surface area (Å²) in [5.74, 6) is 0.558. The minimum absolute atomic E-state index is 0.0366. The quantitative estimate of drug-likeness (QED) is 0.543. The highest BCUT2D eigenvalue weighted by molar-refractivity contribution is 7.13. The van der Waals surface area contributed by atoms with Gasteiger partial charge in [-0.3, -0.25) is 4.79 Å². The predicted octanol–water partition coefficient (Wildman–Crippen LogP) is 3.80. The second kappa shape index (κ2) is 6.41. The molecule has 2 aromatic heterocycles. The molecule has 108 valence electrons. The molecule has 3 aromatic rings. The maximum atomic E-state index is 12.1. The summed E-state index contributed by atoms with van der Waals surface area (Å²) in [7, 11) is 0. The van der Waals surface area contributed by atoms with Crippen LogP contribution in [0.2, 0.25) is 0 Å². The smallest absolute Gasteiger partial charge is 0.188 e. The van der Waals surface area contributed by atoms with Crippen molar-refractivity contribution in [1.29, 1.82) is 0 Å². The lowest BCUT2D eigenvalue weighted by Crippen LogP contribution is -1.93. The molecule has 2 heterocycles. The fourth-order valence-electron chi connectivity index (χ4n) is 1.85. The number of hydrogen-bond donors (Lipinski definition) is 0. The van der Waals surface area contributed by atoms with Crippen molar-refractivity contribution in [2.45, 2.75) is 6.92 Å². The molecular weight excluding hydrogens is 294 g/mol. The van der Waals surface area contributed by atoms with Crippen molar-refractivity contribution >= 4 is 23.2 Å². The molecule has 4 nitrogen and oxygen atoms in total. The average Bonchev–Trinajstić information content (AvgIpc) is 3.03. The molecule has 0 saturated heterocycles. The van der Waals surface area contributed by atoms with Crippen LogP contribution in [0.25, 0.3) is 16.9 Å². The van der Waals surface area contributed by atoms with E-state index in [2.05, 4.69) is 15.0 Å². The van der Waals surface area contributed by atoms with Crippen LogP contribution in [0.5, 0.6) is 0 Å². The third-order valence-electron chi connectivity index (χ3n) is 3.02. The molecular formula is C17H13N3OS. The normalized spacial score (nSPS) is 11.0. The lowest BCUT2D eigenvalue weighted by Gasteiger charge is -1.96. The summed E-state index contributed by atoms with van der Waals surface area (Å²) in [6.07, 6.45) is 6.61. The van der Waals surface area contributed by atoms with E-state index in [1.807, 2.05) is 36.6 Å². The van der Waals surface area contributed by atoms with Crippen LogP contribution in [0.4, 0.5) is 0 Å². The van der Waals surface area contributed by atoms with Crippen LogP contribution in [0.15, 0.2) is 54.2 Å². The Bertz CT molecular complexity index is 807. The molecule has 0 aliphatic rings. The van der Waals surface area contributed by atoms with Crippen molar-refractivity contribution in [2.75, 3.05) is 0 Å². The highest BCUT2D eigenvalue weighted by Crippen LogP contribution is 2.20. The molecule has 0 atom stereocenters. The van der Waals surface area contributed by atoms with Gasteiger partial charge in [0.25, 0.3) is 0 Å². The van der Waals surface area contributed by atoms with Crippen LogP contribution in [-0.2, 0) is 0 Å². The number of ketones is 1. The SMILES string of the molecule is Cc1ccc(C(=O)/C=C/c2csc(-c3ncccn3)n2)cc1. The van der Waals surface area contributed by atoms with Gasteiger partial charge in [-0.1, -0.05) is 29.8 Å². The van der Waals surface area contributed by atoms with Crippen molar-refractivity contribution in [3.63, 3.8) is 0 Å². The first-order chi connectivity index (χ1) is 10.7. The van der Waals surface area contributed by atoms with E-state index in [0.717, 1.165) is 16.3 Å². The molecule has 22 heavy (non-hydrogen) atoms. The number of rotatable bonds is 4. The Labute approximate surface area is 132 Å². The standard InChI is InChI=1S/C17H13N3OS/c1-12-3-5-13(6-4-12)15(21)8-7-14-11-22-17(20-14)16-18-9-2-10-19-16/h2-11H,1H3/b8-7+. The van der Waals surface area contributed by atoms with Gasteiger partial charge in [0.05, 0.1) is 5.69 Å². The first kappa shape index (κ1) is 14.3. The molecule has 0 bridgehead atoms. The van der Waals surface area contributed by atoms with Gasteiger partial charge < -0.3 is 0 Å². The number of carbonyl (C=O) groups excluding carboxylic acids is 1. The second-order valence-electron chi connectivity index (χ2n) is 4.71. The van der Waals surface area contributed by atoms with E-state index in [1.165, 1.54) is 17.4 Å². The Hall–Kier alpha value is -2.66. The molecule has 0 radical (unpaired) electrons. The Morgan fingerprint density at radius 1 is 1.14 bits per heavy atom. The van der Waals surface area contributed by atoms with E-state index in [4.69, 9.17) is 0 Å². The number of carbonyl (C=O) groups is 1. The number of aromatic nitrogens is 3. The first-order valence-electron chi connectivity index (χ1n) is 6.74. The van der Waals surface area contributed by atoms with Gasteiger partial charge in [0.2, 0.25) is 0 Å². The molecule has 0 spiro atoms. The first-order valence-corrected chi connectivity index (χ1v) is 7.62. The predicted molar refractivity (Wildman–Crippen MR) is 87.7 cm³/mol. The lowest BCUT2D eigenvalue weighted by atomic mass is 10.1. The van der Waals surface area contributed by atoms with E-state index >= 15 is 0 Å². The summed E-state index contributed by atoms with van der Waals surface area (Å²) in [4.78, 5) is 24.8. The van der Waals surface area contributed by atoms with E-state index in [1.54, 1.807) is 24.5 Å². The highest BCUT2D eigenvalue weighted by atomic mass is 32.1. The molecule has 0 aliphatic heterocycles. The van der Waals surface area contributed by atoms with Crippen LogP contribution in [0, 0.1) is 6.92 Å². The van der Waals surface area contributed by atoms with Gasteiger partial charge in [0.1, 0.15) is 0 Å². The summed E-state index contributed by atoms with van der Waals surface area (Å²) >= 11 is 1.45. The van der Waals surface area contributed by atoms with Gasteiger partial charge >= 0.3 is 0 Å². The van der Waals surface area contributed by atoms with E-state index in [-0.39, 0.29) is 5.78 Å². The molecule has 0 unspecified atom stereocenters. The molecule has 0 saturated carbocycles. The molecule has 0 fully saturated rings. The number of aryl methyl sites for hydroxylation is 1. The van der Waals surface area contributed by atoms with E-state index < -0.39 is 0 Å². The summed E-state index contributed by atoms with van der Waals surface area (Å²) in [5.41, 5.74) is 2.53. The third-order valence-corrected chi connectivity index (χ3v) is 3.88. The number of hydrogen-bond acceptors (Lipinski definition) is 5. The van der Waals surface area contributed by atoms with Crippen molar-refractivity contribution in [2.24, 2.45) is 0 Å². The zero-order valence-corrected chi connectivity index (χ0v) is 12.7. The summed E-state index contributed by atoms with van der Waals surface area (Å²) < 4.78 is 0. The summed E-state index contributed by atoms with van der Waals surface area (Å²) in [6.45, 7) is 1.99.